The molecule has 1 aliphatic rings. The van der Waals surface area contributed by atoms with E-state index in [1.807, 2.05) is 29.2 Å². The molecule has 0 aliphatic carbocycles. The minimum Gasteiger partial charge on any atom is -0.497 e. The molecule has 23 heavy (non-hydrogen) atoms. The number of rotatable bonds is 4. The molecule has 0 spiro atoms. The highest BCUT2D eigenvalue weighted by Crippen LogP contribution is 2.34. The number of carbonyl (C=O) groups excluding carboxylic acids is 1. The summed E-state index contributed by atoms with van der Waals surface area (Å²) in [5.41, 5.74) is 7.20. The van der Waals surface area contributed by atoms with Crippen molar-refractivity contribution in [3.8, 4) is 5.75 Å². The summed E-state index contributed by atoms with van der Waals surface area (Å²) in [7, 11) is 1.65. The van der Waals surface area contributed by atoms with Crippen LogP contribution in [0.1, 0.15) is 40.6 Å². The van der Waals surface area contributed by atoms with E-state index >= 15 is 0 Å². The SMILES string of the molecule is COc1cccc(C2CCCN2C(=O)c2coc(CN)c2)c1.Cl. The number of hydrogen-bond acceptors (Lipinski definition) is 4. The molecule has 0 radical (unpaired) electrons. The Labute approximate surface area is 141 Å². The molecule has 1 amide bonds. The molecule has 3 rings (SSSR count). The Morgan fingerprint density at radius 2 is 2.26 bits per heavy atom. The molecule has 2 aromatic rings. The summed E-state index contributed by atoms with van der Waals surface area (Å²) >= 11 is 0. The fraction of sp³-hybridized carbons (Fsp3) is 0.353. The topological polar surface area (TPSA) is 68.7 Å². The normalized spacial score (nSPS) is 17.0. The van der Waals surface area contributed by atoms with Gasteiger partial charge in [0.15, 0.2) is 0 Å². The molecular formula is C17H21ClN2O3. The quantitative estimate of drug-likeness (QED) is 0.931. The average molecular weight is 337 g/mol. The summed E-state index contributed by atoms with van der Waals surface area (Å²) in [5, 5.41) is 0. The first kappa shape index (κ1) is 17.4. The van der Waals surface area contributed by atoms with Crippen molar-refractivity contribution in [1.82, 2.24) is 4.90 Å². The molecule has 2 heterocycles. The number of methoxy groups -OCH3 is 1. The van der Waals surface area contributed by atoms with Crippen molar-refractivity contribution in [3.05, 3.63) is 53.5 Å². The predicted octanol–water partition coefficient (Wildman–Crippen LogP) is 3.15. The van der Waals surface area contributed by atoms with Crippen molar-refractivity contribution in [2.24, 2.45) is 5.73 Å². The molecular weight excluding hydrogens is 316 g/mol. The molecule has 1 fully saturated rings. The van der Waals surface area contributed by atoms with Crippen LogP contribution in [0.15, 0.2) is 41.0 Å². The summed E-state index contributed by atoms with van der Waals surface area (Å²) < 4.78 is 10.6. The molecule has 124 valence electrons. The number of amides is 1. The van der Waals surface area contributed by atoms with Crippen LogP contribution in [0.2, 0.25) is 0 Å². The Hall–Kier alpha value is -1.98. The fourth-order valence-corrected chi connectivity index (χ4v) is 2.97. The van der Waals surface area contributed by atoms with E-state index in [0.29, 0.717) is 17.9 Å². The highest BCUT2D eigenvalue weighted by molar-refractivity contribution is 5.94. The molecule has 5 nitrogen and oxygen atoms in total. The van der Waals surface area contributed by atoms with Crippen LogP contribution in [0.25, 0.3) is 0 Å². The van der Waals surface area contributed by atoms with Crippen molar-refractivity contribution in [3.63, 3.8) is 0 Å². The summed E-state index contributed by atoms with van der Waals surface area (Å²) in [4.78, 5) is 14.6. The van der Waals surface area contributed by atoms with Crippen molar-refractivity contribution in [2.45, 2.75) is 25.4 Å². The van der Waals surface area contributed by atoms with Gasteiger partial charge in [-0.3, -0.25) is 4.79 Å². The van der Waals surface area contributed by atoms with Crippen LogP contribution >= 0.6 is 12.4 Å². The van der Waals surface area contributed by atoms with Crippen molar-refractivity contribution in [2.75, 3.05) is 13.7 Å². The summed E-state index contributed by atoms with van der Waals surface area (Å²) in [6.07, 6.45) is 3.45. The number of nitrogens with zero attached hydrogens (tertiary/aromatic N) is 1. The average Bonchev–Trinajstić information content (AvgIpc) is 3.23. The standard InChI is InChI=1S/C17H20N2O3.ClH/c1-21-14-5-2-4-12(8-14)16-6-3-7-19(16)17(20)13-9-15(10-18)22-11-13;/h2,4-5,8-9,11,16H,3,6-7,10,18H2,1H3;1H. The van der Waals surface area contributed by atoms with Crippen molar-refractivity contribution < 1.29 is 13.9 Å². The maximum atomic E-state index is 12.7. The van der Waals surface area contributed by atoms with Crippen LogP contribution in [0.4, 0.5) is 0 Å². The molecule has 0 saturated carbocycles. The highest BCUT2D eigenvalue weighted by atomic mass is 35.5. The second-order valence-corrected chi connectivity index (χ2v) is 5.44. The first-order chi connectivity index (χ1) is 10.7. The third-order valence-corrected chi connectivity index (χ3v) is 4.09. The van der Waals surface area contributed by atoms with E-state index in [0.717, 1.165) is 30.7 Å². The number of hydrogen-bond donors (Lipinski definition) is 1. The van der Waals surface area contributed by atoms with E-state index in [-0.39, 0.29) is 24.4 Å². The molecule has 6 heteroatoms. The lowest BCUT2D eigenvalue weighted by atomic mass is 10.0. The maximum Gasteiger partial charge on any atom is 0.257 e. The first-order valence-electron chi connectivity index (χ1n) is 7.45. The van der Waals surface area contributed by atoms with E-state index < -0.39 is 0 Å². The smallest absolute Gasteiger partial charge is 0.257 e. The fourth-order valence-electron chi connectivity index (χ4n) is 2.97. The van der Waals surface area contributed by atoms with Gasteiger partial charge in [-0.1, -0.05) is 12.1 Å². The van der Waals surface area contributed by atoms with E-state index in [1.54, 1.807) is 13.2 Å². The van der Waals surface area contributed by atoms with Gasteiger partial charge in [0.2, 0.25) is 0 Å². The predicted molar refractivity (Wildman–Crippen MR) is 89.9 cm³/mol. The van der Waals surface area contributed by atoms with Gasteiger partial charge < -0.3 is 19.8 Å². The van der Waals surface area contributed by atoms with Gasteiger partial charge in [-0.15, -0.1) is 12.4 Å². The number of nitrogens with two attached hydrogens (primary N) is 1. The Bertz CT molecular complexity index is 671. The van der Waals surface area contributed by atoms with Crippen LogP contribution in [0.3, 0.4) is 0 Å². The molecule has 1 aromatic heterocycles. The van der Waals surface area contributed by atoms with Gasteiger partial charge in [0.25, 0.3) is 5.91 Å². The second-order valence-electron chi connectivity index (χ2n) is 5.44. The van der Waals surface area contributed by atoms with Crippen LogP contribution in [0.5, 0.6) is 5.75 Å². The van der Waals surface area contributed by atoms with Gasteiger partial charge in [0.1, 0.15) is 17.8 Å². The number of likely N-dealkylation sites (tertiary alicyclic amines) is 1. The number of furan rings is 1. The largest absolute Gasteiger partial charge is 0.497 e. The van der Waals surface area contributed by atoms with E-state index in [2.05, 4.69) is 0 Å². The highest BCUT2D eigenvalue weighted by Gasteiger charge is 2.31. The Kier molecular flexibility index (Phi) is 5.69. The zero-order chi connectivity index (χ0) is 15.5. The molecule has 1 unspecified atom stereocenters. The lowest BCUT2D eigenvalue weighted by Crippen LogP contribution is -2.30. The Morgan fingerprint density at radius 1 is 1.43 bits per heavy atom. The van der Waals surface area contributed by atoms with Crippen molar-refractivity contribution in [1.29, 1.82) is 0 Å². The lowest BCUT2D eigenvalue weighted by Gasteiger charge is -2.25. The van der Waals surface area contributed by atoms with Gasteiger partial charge in [-0.05, 0) is 36.6 Å². The molecule has 1 aliphatic heterocycles. The lowest BCUT2D eigenvalue weighted by molar-refractivity contribution is 0.0734. The van der Waals surface area contributed by atoms with Crippen LogP contribution in [-0.4, -0.2) is 24.5 Å². The summed E-state index contributed by atoms with van der Waals surface area (Å²) in [5.74, 6) is 1.43. The van der Waals surface area contributed by atoms with Gasteiger partial charge in [0.05, 0.1) is 25.3 Å². The molecule has 0 bridgehead atoms. The molecule has 1 aromatic carbocycles. The minimum atomic E-state index is -0.00577. The third-order valence-electron chi connectivity index (χ3n) is 4.09. The zero-order valence-electron chi connectivity index (χ0n) is 13.0. The number of benzene rings is 1. The third kappa shape index (κ3) is 3.51. The number of ether oxygens (including phenoxy) is 1. The van der Waals surface area contributed by atoms with E-state index in [9.17, 15) is 4.79 Å². The minimum absolute atomic E-state index is 0. The van der Waals surface area contributed by atoms with Gasteiger partial charge in [0, 0.05) is 6.54 Å². The number of carbonyl (C=O) groups is 1. The van der Waals surface area contributed by atoms with Crippen LogP contribution < -0.4 is 10.5 Å². The van der Waals surface area contributed by atoms with E-state index in [4.69, 9.17) is 14.9 Å². The second kappa shape index (κ2) is 7.53. The molecule has 2 N–H and O–H groups in total. The Morgan fingerprint density at radius 3 is 2.96 bits per heavy atom. The molecule has 1 atom stereocenters. The van der Waals surface area contributed by atoms with Crippen molar-refractivity contribution >= 4 is 18.3 Å². The summed E-state index contributed by atoms with van der Waals surface area (Å²) in [6.45, 7) is 1.05. The van der Waals surface area contributed by atoms with E-state index in [1.165, 1.54) is 6.26 Å². The first-order valence-corrected chi connectivity index (χ1v) is 7.45. The molecule has 1 saturated heterocycles. The monoisotopic (exact) mass is 336 g/mol. The van der Waals surface area contributed by atoms with Gasteiger partial charge >= 0.3 is 0 Å². The number of halogens is 1. The van der Waals surface area contributed by atoms with Gasteiger partial charge in [-0.2, -0.15) is 0 Å². The maximum absolute atomic E-state index is 12.7. The summed E-state index contributed by atoms with van der Waals surface area (Å²) in [6, 6.07) is 9.71. The van der Waals surface area contributed by atoms with Gasteiger partial charge in [-0.25, -0.2) is 0 Å². The Balaban J connectivity index is 0.00000192. The zero-order valence-corrected chi connectivity index (χ0v) is 13.8. The van der Waals surface area contributed by atoms with Crippen LogP contribution in [0, 0.1) is 0 Å². The van der Waals surface area contributed by atoms with Crippen LogP contribution in [-0.2, 0) is 6.54 Å².